The number of ether oxygens (including phenoxy) is 2. The Labute approximate surface area is 129 Å². The van der Waals surface area contributed by atoms with E-state index in [0.717, 1.165) is 12.3 Å². The van der Waals surface area contributed by atoms with Crippen molar-refractivity contribution in [2.75, 3.05) is 26.8 Å². The van der Waals surface area contributed by atoms with Gasteiger partial charge in [-0.15, -0.1) is 0 Å². The van der Waals surface area contributed by atoms with Gasteiger partial charge in [0.05, 0.1) is 12.7 Å². The maximum atomic E-state index is 6.02. The van der Waals surface area contributed by atoms with Crippen LogP contribution in [0.15, 0.2) is 24.3 Å². The van der Waals surface area contributed by atoms with E-state index in [1.54, 1.807) is 7.11 Å². The molecule has 0 bridgehead atoms. The van der Waals surface area contributed by atoms with Gasteiger partial charge in [0.2, 0.25) is 0 Å². The van der Waals surface area contributed by atoms with Crippen LogP contribution in [0.25, 0.3) is 0 Å². The van der Waals surface area contributed by atoms with Crippen molar-refractivity contribution >= 4 is 0 Å². The zero-order valence-electron chi connectivity index (χ0n) is 14.0. The van der Waals surface area contributed by atoms with E-state index in [1.807, 2.05) is 26.0 Å². The van der Waals surface area contributed by atoms with Crippen LogP contribution >= 0.6 is 0 Å². The highest BCUT2D eigenvalue weighted by Crippen LogP contribution is 2.24. The number of methoxy groups -OCH3 is 1. The summed E-state index contributed by atoms with van der Waals surface area (Å²) in [6.45, 7) is 10.6. The molecule has 2 atom stereocenters. The van der Waals surface area contributed by atoms with Crippen LogP contribution < -0.4 is 10.5 Å². The van der Waals surface area contributed by atoms with Gasteiger partial charge < -0.3 is 15.2 Å². The monoisotopic (exact) mass is 294 g/mol. The minimum atomic E-state index is 0.190. The van der Waals surface area contributed by atoms with Crippen molar-refractivity contribution < 1.29 is 9.47 Å². The molecule has 0 amide bonds. The van der Waals surface area contributed by atoms with E-state index in [0.29, 0.717) is 19.2 Å². The molecule has 0 aliphatic heterocycles. The minimum absolute atomic E-state index is 0.190. The molecular formula is C17H30N2O2. The summed E-state index contributed by atoms with van der Waals surface area (Å²) in [7, 11) is 1.74. The van der Waals surface area contributed by atoms with E-state index < -0.39 is 0 Å². The molecule has 0 aromatic heterocycles. The summed E-state index contributed by atoms with van der Waals surface area (Å²) >= 11 is 0. The standard InChI is InChI=1S/C17H30N2O2/c1-6-19(14(4)12-20-5)17(11-18)15-7-9-16(10-8-15)21-13(2)3/h7-10,13-14,17H,6,11-12,18H2,1-5H3. The third-order valence-corrected chi connectivity index (χ3v) is 3.60. The van der Waals surface area contributed by atoms with Crippen molar-refractivity contribution in [3.05, 3.63) is 29.8 Å². The van der Waals surface area contributed by atoms with E-state index >= 15 is 0 Å². The van der Waals surface area contributed by atoms with Gasteiger partial charge in [-0.2, -0.15) is 0 Å². The number of nitrogens with zero attached hydrogens (tertiary/aromatic N) is 1. The Balaban J connectivity index is 2.87. The van der Waals surface area contributed by atoms with E-state index in [2.05, 4.69) is 30.9 Å². The van der Waals surface area contributed by atoms with E-state index in [1.165, 1.54) is 5.56 Å². The van der Waals surface area contributed by atoms with Crippen molar-refractivity contribution in [1.82, 2.24) is 4.90 Å². The molecule has 1 rings (SSSR count). The van der Waals surface area contributed by atoms with Crippen molar-refractivity contribution in [2.45, 2.75) is 45.9 Å². The second kappa shape index (κ2) is 9.03. The molecule has 0 aliphatic rings. The largest absolute Gasteiger partial charge is 0.491 e. The van der Waals surface area contributed by atoms with Crippen molar-refractivity contribution in [2.24, 2.45) is 5.73 Å². The first kappa shape index (κ1) is 18.0. The van der Waals surface area contributed by atoms with Gasteiger partial charge in [-0.05, 0) is 45.0 Å². The third kappa shape index (κ3) is 5.30. The molecule has 0 spiro atoms. The molecular weight excluding hydrogens is 264 g/mol. The Hall–Kier alpha value is -1.10. The van der Waals surface area contributed by atoms with Crippen molar-refractivity contribution in [3.8, 4) is 5.75 Å². The molecule has 0 aliphatic carbocycles. The molecule has 4 heteroatoms. The molecule has 0 saturated heterocycles. The van der Waals surface area contributed by atoms with Crippen LogP contribution in [-0.4, -0.2) is 43.9 Å². The van der Waals surface area contributed by atoms with E-state index in [4.69, 9.17) is 15.2 Å². The SMILES string of the molecule is CCN(C(C)COC)C(CN)c1ccc(OC(C)C)cc1. The predicted molar refractivity (Wildman–Crippen MR) is 87.7 cm³/mol. The van der Waals surface area contributed by atoms with Crippen molar-refractivity contribution in [1.29, 1.82) is 0 Å². The summed E-state index contributed by atoms with van der Waals surface area (Å²) in [5.41, 5.74) is 7.24. The second-order valence-corrected chi connectivity index (χ2v) is 5.62. The molecule has 21 heavy (non-hydrogen) atoms. The number of hydrogen-bond donors (Lipinski definition) is 1. The third-order valence-electron chi connectivity index (χ3n) is 3.60. The lowest BCUT2D eigenvalue weighted by Gasteiger charge is -2.35. The number of hydrogen-bond acceptors (Lipinski definition) is 4. The van der Waals surface area contributed by atoms with Crippen molar-refractivity contribution in [3.63, 3.8) is 0 Å². The van der Waals surface area contributed by atoms with E-state index in [9.17, 15) is 0 Å². The Morgan fingerprint density at radius 1 is 1.14 bits per heavy atom. The van der Waals surface area contributed by atoms with Crippen LogP contribution in [0, 0.1) is 0 Å². The van der Waals surface area contributed by atoms with Gasteiger partial charge in [0.25, 0.3) is 0 Å². The summed E-state index contributed by atoms with van der Waals surface area (Å²) < 4.78 is 11.0. The Morgan fingerprint density at radius 3 is 2.19 bits per heavy atom. The van der Waals surface area contributed by atoms with Gasteiger partial charge in [0.15, 0.2) is 0 Å². The molecule has 0 fully saturated rings. The van der Waals surface area contributed by atoms with Gasteiger partial charge in [0.1, 0.15) is 5.75 Å². The fraction of sp³-hybridized carbons (Fsp3) is 0.647. The Bertz CT molecular complexity index is 392. The quantitative estimate of drug-likeness (QED) is 0.761. The highest BCUT2D eigenvalue weighted by atomic mass is 16.5. The highest BCUT2D eigenvalue weighted by molar-refractivity contribution is 5.29. The number of rotatable bonds is 9. The lowest BCUT2D eigenvalue weighted by molar-refractivity contribution is 0.0751. The minimum Gasteiger partial charge on any atom is -0.491 e. The molecule has 2 unspecified atom stereocenters. The van der Waals surface area contributed by atoms with Gasteiger partial charge in [-0.1, -0.05) is 19.1 Å². The van der Waals surface area contributed by atoms with Crippen LogP contribution in [0.4, 0.5) is 0 Å². The maximum Gasteiger partial charge on any atom is 0.119 e. The lowest BCUT2D eigenvalue weighted by atomic mass is 10.0. The van der Waals surface area contributed by atoms with Gasteiger partial charge >= 0.3 is 0 Å². The van der Waals surface area contributed by atoms with Crippen LogP contribution in [-0.2, 0) is 4.74 Å². The van der Waals surface area contributed by atoms with Crippen LogP contribution in [0.3, 0.4) is 0 Å². The highest BCUT2D eigenvalue weighted by Gasteiger charge is 2.22. The summed E-state index contributed by atoms with van der Waals surface area (Å²) in [6, 6.07) is 8.79. The Kier molecular flexibility index (Phi) is 7.72. The maximum absolute atomic E-state index is 6.02. The lowest BCUT2D eigenvalue weighted by Crippen LogP contribution is -2.42. The summed E-state index contributed by atoms with van der Waals surface area (Å²) in [5.74, 6) is 0.900. The molecule has 0 radical (unpaired) electrons. The summed E-state index contributed by atoms with van der Waals surface area (Å²) in [5, 5.41) is 0. The van der Waals surface area contributed by atoms with E-state index in [-0.39, 0.29) is 12.1 Å². The van der Waals surface area contributed by atoms with Gasteiger partial charge in [-0.25, -0.2) is 0 Å². The van der Waals surface area contributed by atoms with Crippen LogP contribution in [0.2, 0.25) is 0 Å². The number of nitrogens with two attached hydrogens (primary N) is 1. The molecule has 4 nitrogen and oxygen atoms in total. The molecule has 0 heterocycles. The summed E-state index contributed by atoms with van der Waals surface area (Å²) in [6.07, 6.45) is 0.190. The fourth-order valence-electron chi connectivity index (χ4n) is 2.68. The topological polar surface area (TPSA) is 47.7 Å². The molecule has 2 N–H and O–H groups in total. The average molecular weight is 294 g/mol. The zero-order valence-corrected chi connectivity index (χ0v) is 14.0. The zero-order chi connectivity index (χ0) is 15.8. The number of likely N-dealkylation sites (N-methyl/N-ethyl adjacent to an activating group) is 1. The first-order chi connectivity index (χ1) is 10.0. The molecule has 1 aromatic rings. The molecule has 0 saturated carbocycles. The fourth-order valence-corrected chi connectivity index (χ4v) is 2.68. The second-order valence-electron chi connectivity index (χ2n) is 5.62. The molecule has 1 aromatic carbocycles. The van der Waals surface area contributed by atoms with Gasteiger partial charge in [-0.3, -0.25) is 4.90 Å². The first-order valence-electron chi connectivity index (χ1n) is 7.74. The Morgan fingerprint density at radius 2 is 1.76 bits per heavy atom. The van der Waals surface area contributed by atoms with Gasteiger partial charge in [0, 0.05) is 25.7 Å². The van der Waals surface area contributed by atoms with Crippen LogP contribution in [0.5, 0.6) is 5.75 Å². The first-order valence-corrected chi connectivity index (χ1v) is 7.74. The average Bonchev–Trinajstić information content (AvgIpc) is 2.45. The summed E-state index contributed by atoms with van der Waals surface area (Å²) in [4.78, 5) is 2.38. The van der Waals surface area contributed by atoms with Crippen LogP contribution in [0.1, 0.15) is 39.3 Å². The normalized spacial score (nSPS) is 14.5. The number of benzene rings is 1. The predicted octanol–water partition coefficient (Wildman–Crippen LogP) is 2.83. The molecule has 120 valence electrons. The smallest absolute Gasteiger partial charge is 0.119 e.